The molecular formula is C26H26FNO3. The Morgan fingerprint density at radius 3 is 2.42 bits per heavy atom. The smallest absolute Gasteiger partial charge is 0.127 e. The van der Waals surface area contributed by atoms with Crippen molar-refractivity contribution in [3.63, 3.8) is 0 Å². The van der Waals surface area contributed by atoms with Crippen LogP contribution in [-0.4, -0.2) is 33.6 Å². The molecule has 0 aliphatic carbocycles. The van der Waals surface area contributed by atoms with Gasteiger partial charge in [-0.1, -0.05) is 48.5 Å². The Hall–Kier alpha value is -3.15. The molecule has 0 amide bonds. The highest BCUT2D eigenvalue weighted by molar-refractivity contribution is 5.97. The number of para-hydroxylation sites is 2. The summed E-state index contributed by atoms with van der Waals surface area (Å²) in [6.07, 6.45) is 0.861. The minimum Gasteiger partial charge on any atom is -0.490 e. The van der Waals surface area contributed by atoms with Gasteiger partial charge >= 0.3 is 0 Å². The first-order valence-corrected chi connectivity index (χ1v) is 10.4. The molecule has 4 rings (SSSR count). The van der Waals surface area contributed by atoms with Crippen LogP contribution in [0.15, 0.2) is 79.0 Å². The van der Waals surface area contributed by atoms with E-state index >= 15 is 0 Å². The highest BCUT2D eigenvalue weighted by Gasteiger charge is 2.26. The lowest BCUT2D eigenvalue weighted by Crippen LogP contribution is -2.28. The zero-order valence-electron chi connectivity index (χ0n) is 17.6. The molecule has 0 aliphatic heterocycles. The highest BCUT2D eigenvalue weighted by Crippen LogP contribution is 2.39. The van der Waals surface area contributed by atoms with E-state index in [2.05, 4.69) is 0 Å². The second-order valence-electron chi connectivity index (χ2n) is 7.88. The van der Waals surface area contributed by atoms with Gasteiger partial charge in [0, 0.05) is 28.2 Å². The summed E-state index contributed by atoms with van der Waals surface area (Å²) in [5.41, 5.74) is 3.33. The Labute approximate surface area is 181 Å². The minimum absolute atomic E-state index is 0.0192. The fraction of sp³-hybridized carbons (Fsp3) is 0.231. The molecule has 1 aromatic heterocycles. The number of rotatable bonds is 7. The molecular weight excluding hydrogens is 393 g/mol. The van der Waals surface area contributed by atoms with Crippen LogP contribution >= 0.6 is 0 Å². The van der Waals surface area contributed by atoms with E-state index in [1.807, 2.05) is 73.1 Å². The molecule has 0 saturated carbocycles. The number of halogens is 1. The first-order valence-electron chi connectivity index (χ1n) is 10.4. The Kier molecular flexibility index (Phi) is 6.07. The van der Waals surface area contributed by atoms with Crippen molar-refractivity contribution >= 4 is 10.9 Å². The van der Waals surface area contributed by atoms with Crippen LogP contribution in [0.4, 0.5) is 4.39 Å². The van der Waals surface area contributed by atoms with E-state index in [1.165, 1.54) is 12.1 Å². The summed E-state index contributed by atoms with van der Waals surface area (Å²) in [5.74, 6) is 0.380. The van der Waals surface area contributed by atoms with Crippen LogP contribution in [0.2, 0.25) is 0 Å². The number of aromatic nitrogens is 1. The van der Waals surface area contributed by atoms with E-state index in [9.17, 15) is 14.6 Å². The fourth-order valence-corrected chi connectivity index (χ4v) is 4.05. The molecule has 1 heterocycles. The van der Waals surface area contributed by atoms with Gasteiger partial charge in [-0.15, -0.1) is 0 Å². The predicted molar refractivity (Wildman–Crippen MR) is 121 cm³/mol. The van der Waals surface area contributed by atoms with Crippen LogP contribution in [-0.2, 0) is 0 Å². The fourth-order valence-electron chi connectivity index (χ4n) is 4.05. The van der Waals surface area contributed by atoms with Gasteiger partial charge in [0.15, 0.2) is 0 Å². The van der Waals surface area contributed by atoms with Crippen LogP contribution in [0, 0.1) is 5.82 Å². The predicted octanol–water partition coefficient (Wildman–Crippen LogP) is 5.18. The van der Waals surface area contributed by atoms with Gasteiger partial charge in [-0.05, 0) is 43.7 Å². The second kappa shape index (κ2) is 8.92. The molecule has 4 aromatic rings. The molecule has 0 aliphatic rings. The largest absolute Gasteiger partial charge is 0.490 e. The van der Waals surface area contributed by atoms with Gasteiger partial charge in [0.1, 0.15) is 17.7 Å². The van der Waals surface area contributed by atoms with Gasteiger partial charge in [0.25, 0.3) is 0 Å². The maximum atomic E-state index is 14.0. The summed E-state index contributed by atoms with van der Waals surface area (Å²) < 4.78 is 21.9. The number of aliphatic hydroxyl groups excluding tert-OH is 2. The monoisotopic (exact) mass is 419 g/mol. The van der Waals surface area contributed by atoms with Gasteiger partial charge in [0.05, 0.1) is 18.8 Å². The number of ether oxygens (including phenoxy) is 1. The third kappa shape index (κ3) is 4.20. The van der Waals surface area contributed by atoms with Crippen LogP contribution in [0.1, 0.15) is 25.5 Å². The Morgan fingerprint density at radius 2 is 1.68 bits per heavy atom. The molecule has 5 heteroatoms. The Balaban J connectivity index is 1.95. The number of fused-ring (bicyclic) bond motifs is 1. The van der Waals surface area contributed by atoms with Gasteiger partial charge < -0.3 is 19.5 Å². The summed E-state index contributed by atoms with van der Waals surface area (Å²) in [6.45, 7) is 3.52. The van der Waals surface area contributed by atoms with E-state index < -0.39 is 18.8 Å². The van der Waals surface area contributed by atoms with E-state index in [4.69, 9.17) is 4.74 Å². The second-order valence-corrected chi connectivity index (χ2v) is 7.88. The van der Waals surface area contributed by atoms with Crippen LogP contribution in [0.5, 0.6) is 5.75 Å². The van der Waals surface area contributed by atoms with Crippen molar-refractivity contribution in [2.45, 2.75) is 32.1 Å². The number of aliphatic hydroxyl groups is 2. The number of nitrogens with zero attached hydrogens (tertiary/aromatic N) is 1. The first kappa shape index (κ1) is 21.1. The van der Waals surface area contributed by atoms with Crippen molar-refractivity contribution in [3.05, 3.63) is 90.4 Å². The Morgan fingerprint density at radius 1 is 0.935 bits per heavy atom. The van der Waals surface area contributed by atoms with Crippen molar-refractivity contribution in [2.75, 3.05) is 6.61 Å². The standard InChI is InChI=1S/C26H26FNO3/c1-17(2)31-25-13-6-4-11-21(25)22-15-28(23-12-5-3-10-20(22)23)26(24(30)16-29)18-8-7-9-19(27)14-18/h3-15,17,24,26,29-30H,16H2,1-2H3/t24-,26+/m1/s1. The SMILES string of the molecule is CC(C)Oc1ccccc1-c1cn([C@@H](c2cccc(F)c2)[C@H](O)CO)c2ccccc12. The molecule has 160 valence electrons. The number of hydrogen-bond donors (Lipinski definition) is 2. The number of benzene rings is 3. The molecule has 3 aromatic carbocycles. The number of hydrogen-bond acceptors (Lipinski definition) is 3. The first-order chi connectivity index (χ1) is 15.0. The molecule has 0 bridgehead atoms. The average molecular weight is 419 g/mol. The molecule has 2 N–H and O–H groups in total. The van der Waals surface area contributed by atoms with Crippen LogP contribution in [0.3, 0.4) is 0 Å². The summed E-state index contributed by atoms with van der Waals surface area (Å²) in [4.78, 5) is 0. The van der Waals surface area contributed by atoms with Crippen molar-refractivity contribution in [1.82, 2.24) is 4.57 Å². The lowest BCUT2D eigenvalue weighted by molar-refractivity contribution is 0.0653. The van der Waals surface area contributed by atoms with E-state index in [1.54, 1.807) is 12.1 Å². The Bertz CT molecular complexity index is 1180. The van der Waals surface area contributed by atoms with Crippen LogP contribution < -0.4 is 4.74 Å². The molecule has 31 heavy (non-hydrogen) atoms. The van der Waals surface area contributed by atoms with E-state index in [-0.39, 0.29) is 11.9 Å². The third-order valence-corrected chi connectivity index (χ3v) is 5.32. The lowest BCUT2D eigenvalue weighted by Gasteiger charge is -2.25. The van der Waals surface area contributed by atoms with Gasteiger partial charge in [-0.2, -0.15) is 0 Å². The molecule has 2 atom stereocenters. The zero-order chi connectivity index (χ0) is 22.0. The highest BCUT2D eigenvalue weighted by atomic mass is 19.1. The zero-order valence-corrected chi connectivity index (χ0v) is 17.6. The van der Waals surface area contributed by atoms with E-state index in [0.717, 1.165) is 27.8 Å². The summed E-state index contributed by atoms with van der Waals surface area (Å²) >= 11 is 0. The molecule has 0 fully saturated rings. The maximum Gasteiger partial charge on any atom is 0.127 e. The lowest BCUT2D eigenvalue weighted by atomic mass is 10.0. The molecule has 0 unspecified atom stereocenters. The van der Waals surface area contributed by atoms with Crippen molar-refractivity contribution in [3.8, 4) is 16.9 Å². The van der Waals surface area contributed by atoms with Crippen molar-refractivity contribution < 1.29 is 19.3 Å². The topological polar surface area (TPSA) is 54.6 Å². The quantitative estimate of drug-likeness (QED) is 0.434. The molecule has 0 radical (unpaired) electrons. The summed E-state index contributed by atoms with van der Waals surface area (Å²) in [5, 5.41) is 21.4. The average Bonchev–Trinajstić information content (AvgIpc) is 3.13. The van der Waals surface area contributed by atoms with Crippen molar-refractivity contribution in [2.24, 2.45) is 0 Å². The maximum absolute atomic E-state index is 14.0. The van der Waals surface area contributed by atoms with Gasteiger partial charge in [-0.25, -0.2) is 4.39 Å². The third-order valence-electron chi connectivity index (χ3n) is 5.32. The normalized spacial score (nSPS) is 13.5. The minimum atomic E-state index is -1.10. The van der Waals surface area contributed by atoms with Gasteiger partial charge in [-0.3, -0.25) is 0 Å². The molecule has 0 spiro atoms. The van der Waals surface area contributed by atoms with Gasteiger partial charge in [0.2, 0.25) is 0 Å². The van der Waals surface area contributed by atoms with Crippen molar-refractivity contribution in [1.29, 1.82) is 0 Å². The summed E-state index contributed by atoms with van der Waals surface area (Å²) in [7, 11) is 0. The van der Waals surface area contributed by atoms with E-state index in [0.29, 0.717) is 5.56 Å². The summed E-state index contributed by atoms with van der Waals surface area (Å²) in [6, 6.07) is 21.2. The molecule has 4 nitrogen and oxygen atoms in total. The molecule has 0 saturated heterocycles. The van der Waals surface area contributed by atoms with Crippen LogP contribution in [0.25, 0.3) is 22.0 Å².